The number of piperidine rings is 1. The van der Waals surface area contributed by atoms with Crippen LogP contribution >= 0.6 is 11.3 Å². The van der Waals surface area contributed by atoms with Crippen LogP contribution in [0.4, 0.5) is 0 Å². The van der Waals surface area contributed by atoms with Crippen LogP contribution in [0.2, 0.25) is 0 Å². The predicted molar refractivity (Wildman–Crippen MR) is 122 cm³/mol. The van der Waals surface area contributed by atoms with Crippen molar-refractivity contribution in [2.45, 2.75) is 51.0 Å². The SMILES string of the molecule is C[C@@H](NC(=O)C[C@H]1C[C@H]1c1nc2ccccc2[nH]1)c1ccc(C(=O)N2CCCCC2)s1. The minimum Gasteiger partial charge on any atom is -0.349 e. The van der Waals surface area contributed by atoms with E-state index in [0.717, 1.165) is 59.0 Å². The zero-order valence-corrected chi connectivity index (χ0v) is 18.6. The number of rotatable bonds is 6. The molecule has 0 spiro atoms. The maximum absolute atomic E-state index is 12.7. The second kappa shape index (κ2) is 8.46. The first-order valence-electron chi connectivity index (χ1n) is 11.2. The maximum atomic E-state index is 12.7. The number of benzene rings is 1. The number of nitrogens with one attached hydrogen (secondary N) is 2. The number of amides is 2. The van der Waals surface area contributed by atoms with Crippen molar-refractivity contribution < 1.29 is 9.59 Å². The van der Waals surface area contributed by atoms with E-state index in [-0.39, 0.29) is 17.9 Å². The molecule has 1 aliphatic carbocycles. The van der Waals surface area contributed by atoms with Crippen molar-refractivity contribution in [3.05, 3.63) is 52.0 Å². The fourth-order valence-corrected chi connectivity index (χ4v) is 5.50. The van der Waals surface area contributed by atoms with E-state index in [0.29, 0.717) is 18.3 Å². The molecule has 1 aliphatic heterocycles. The predicted octanol–water partition coefficient (Wildman–Crippen LogP) is 4.62. The first kappa shape index (κ1) is 20.2. The summed E-state index contributed by atoms with van der Waals surface area (Å²) in [5, 5.41) is 3.11. The molecule has 6 nitrogen and oxygen atoms in total. The third-order valence-corrected chi connectivity index (χ3v) is 7.67. The van der Waals surface area contributed by atoms with Crippen molar-refractivity contribution in [2.75, 3.05) is 13.1 Å². The van der Waals surface area contributed by atoms with Crippen LogP contribution in [0.1, 0.15) is 71.4 Å². The number of hydrogen-bond donors (Lipinski definition) is 2. The number of thiophene rings is 1. The van der Waals surface area contributed by atoms with Gasteiger partial charge < -0.3 is 15.2 Å². The number of carbonyl (C=O) groups is 2. The van der Waals surface area contributed by atoms with Crippen molar-refractivity contribution in [1.82, 2.24) is 20.2 Å². The number of aromatic amines is 1. The quantitative estimate of drug-likeness (QED) is 0.592. The summed E-state index contributed by atoms with van der Waals surface area (Å²) in [5.41, 5.74) is 2.03. The van der Waals surface area contributed by atoms with Crippen LogP contribution in [0.15, 0.2) is 36.4 Å². The zero-order valence-electron chi connectivity index (χ0n) is 17.8. The van der Waals surface area contributed by atoms with Gasteiger partial charge in [-0.1, -0.05) is 12.1 Å². The van der Waals surface area contributed by atoms with Gasteiger partial charge in [-0.2, -0.15) is 0 Å². The molecule has 1 aromatic carbocycles. The molecular formula is C24H28N4O2S. The van der Waals surface area contributed by atoms with Crippen LogP contribution in [0, 0.1) is 5.92 Å². The summed E-state index contributed by atoms with van der Waals surface area (Å²) in [6.07, 6.45) is 4.89. The van der Waals surface area contributed by atoms with Crippen molar-refractivity contribution in [3.8, 4) is 0 Å². The van der Waals surface area contributed by atoms with Crippen molar-refractivity contribution in [2.24, 2.45) is 5.92 Å². The molecule has 0 bridgehead atoms. The molecule has 2 fully saturated rings. The highest BCUT2D eigenvalue weighted by molar-refractivity contribution is 7.14. The van der Waals surface area contributed by atoms with Crippen LogP contribution in [0.25, 0.3) is 11.0 Å². The zero-order chi connectivity index (χ0) is 21.4. The Balaban J connectivity index is 1.14. The van der Waals surface area contributed by atoms with Crippen LogP contribution in [0.5, 0.6) is 0 Å². The van der Waals surface area contributed by atoms with Gasteiger partial charge >= 0.3 is 0 Å². The summed E-state index contributed by atoms with van der Waals surface area (Å²) in [4.78, 5) is 37.1. The number of para-hydroxylation sites is 2. The summed E-state index contributed by atoms with van der Waals surface area (Å²) >= 11 is 1.50. The molecule has 3 heterocycles. The molecule has 2 N–H and O–H groups in total. The average molecular weight is 437 g/mol. The summed E-state index contributed by atoms with van der Waals surface area (Å²) < 4.78 is 0. The highest BCUT2D eigenvalue weighted by Crippen LogP contribution is 2.48. The Bertz CT molecular complexity index is 1060. The number of likely N-dealkylation sites (tertiary alicyclic amines) is 1. The molecular weight excluding hydrogens is 408 g/mol. The maximum Gasteiger partial charge on any atom is 0.263 e. The van der Waals surface area contributed by atoms with Gasteiger partial charge in [0.15, 0.2) is 0 Å². The normalized spacial score (nSPS) is 21.8. The van der Waals surface area contributed by atoms with Gasteiger partial charge in [-0.05, 0) is 62.8 Å². The highest BCUT2D eigenvalue weighted by Gasteiger charge is 2.42. The lowest BCUT2D eigenvalue weighted by atomic mass is 10.1. The van der Waals surface area contributed by atoms with Crippen molar-refractivity contribution in [3.63, 3.8) is 0 Å². The highest BCUT2D eigenvalue weighted by atomic mass is 32.1. The molecule has 3 atom stereocenters. The largest absolute Gasteiger partial charge is 0.349 e. The molecule has 31 heavy (non-hydrogen) atoms. The smallest absolute Gasteiger partial charge is 0.263 e. The molecule has 0 radical (unpaired) electrons. The van der Waals surface area contributed by atoms with Crippen LogP contribution in [-0.2, 0) is 4.79 Å². The molecule has 0 unspecified atom stereocenters. The van der Waals surface area contributed by atoms with Crippen LogP contribution in [-0.4, -0.2) is 39.8 Å². The summed E-state index contributed by atoms with van der Waals surface area (Å²) in [6.45, 7) is 3.70. The van der Waals surface area contributed by atoms with Gasteiger partial charge in [0.05, 0.1) is 22.0 Å². The van der Waals surface area contributed by atoms with Gasteiger partial charge in [-0.15, -0.1) is 11.3 Å². The van der Waals surface area contributed by atoms with Crippen molar-refractivity contribution >= 4 is 34.2 Å². The Hall–Kier alpha value is -2.67. The fourth-order valence-electron chi connectivity index (χ4n) is 4.52. The van der Waals surface area contributed by atoms with E-state index in [9.17, 15) is 9.59 Å². The van der Waals surface area contributed by atoms with E-state index in [4.69, 9.17) is 0 Å². The lowest BCUT2D eigenvalue weighted by Gasteiger charge is -2.26. The average Bonchev–Trinajstić information content (AvgIpc) is 3.18. The van der Waals surface area contributed by atoms with Gasteiger partial charge in [-0.25, -0.2) is 4.98 Å². The first-order valence-corrected chi connectivity index (χ1v) is 12.0. The monoisotopic (exact) mass is 436 g/mol. The van der Waals surface area contributed by atoms with Crippen molar-refractivity contribution in [1.29, 1.82) is 0 Å². The van der Waals surface area contributed by atoms with Crippen LogP contribution < -0.4 is 5.32 Å². The number of H-pyrrole nitrogens is 1. The molecule has 1 saturated carbocycles. The third-order valence-electron chi connectivity index (χ3n) is 6.41. The molecule has 1 saturated heterocycles. The van der Waals surface area contributed by atoms with E-state index in [1.165, 1.54) is 17.8 Å². The Kier molecular flexibility index (Phi) is 5.52. The van der Waals surface area contributed by atoms with Gasteiger partial charge in [0, 0.05) is 30.3 Å². The van der Waals surface area contributed by atoms with E-state index < -0.39 is 0 Å². The minimum atomic E-state index is -0.0937. The molecule has 7 heteroatoms. The Labute approximate surface area is 186 Å². The molecule has 2 aromatic heterocycles. The standard InChI is InChI=1S/C24H28N4O2S/c1-15(20-9-10-21(31-20)24(30)28-11-5-2-6-12-28)25-22(29)14-16-13-17(16)23-26-18-7-3-4-8-19(18)27-23/h3-4,7-10,15-17H,2,5-6,11-14H2,1H3,(H,25,29)(H,26,27)/t15-,16-,17-/m1/s1. The second-order valence-corrected chi connectivity index (χ2v) is 9.91. The van der Waals surface area contributed by atoms with Gasteiger partial charge in [0.25, 0.3) is 5.91 Å². The Morgan fingerprint density at radius 1 is 1.19 bits per heavy atom. The van der Waals surface area contributed by atoms with E-state index >= 15 is 0 Å². The summed E-state index contributed by atoms with van der Waals surface area (Å²) in [7, 11) is 0. The fraction of sp³-hybridized carbons (Fsp3) is 0.458. The molecule has 2 amide bonds. The number of imidazole rings is 1. The van der Waals surface area contributed by atoms with Crippen LogP contribution in [0.3, 0.4) is 0 Å². The number of nitrogens with zero attached hydrogens (tertiary/aromatic N) is 2. The molecule has 162 valence electrons. The van der Waals surface area contributed by atoms with Gasteiger partial charge in [-0.3, -0.25) is 9.59 Å². The number of carbonyl (C=O) groups excluding carboxylic acids is 2. The Morgan fingerprint density at radius 2 is 2.00 bits per heavy atom. The topological polar surface area (TPSA) is 78.1 Å². The lowest BCUT2D eigenvalue weighted by molar-refractivity contribution is -0.122. The van der Waals surface area contributed by atoms with Gasteiger partial charge in [0.1, 0.15) is 5.82 Å². The lowest BCUT2D eigenvalue weighted by Crippen LogP contribution is -2.35. The molecule has 3 aromatic rings. The number of aromatic nitrogens is 2. The second-order valence-electron chi connectivity index (χ2n) is 8.79. The summed E-state index contributed by atoms with van der Waals surface area (Å²) in [6, 6.07) is 11.8. The first-order chi connectivity index (χ1) is 15.1. The van der Waals surface area contributed by atoms with E-state index in [2.05, 4.69) is 15.3 Å². The molecule has 5 rings (SSSR count). The number of fused-ring (bicyclic) bond motifs is 1. The molecule has 2 aliphatic rings. The number of hydrogen-bond acceptors (Lipinski definition) is 4. The van der Waals surface area contributed by atoms with Gasteiger partial charge in [0.2, 0.25) is 5.91 Å². The third kappa shape index (κ3) is 4.37. The minimum absolute atomic E-state index is 0.0634. The summed E-state index contributed by atoms with van der Waals surface area (Å²) in [5.74, 6) is 1.86. The van der Waals surface area contributed by atoms with E-state index in [1.54, 1.807) is 0 Å². The Morgan fingerprint density at radius 3 is 2.81 bits per heavy atom. The van der Waals surface area contributed by atoms with E-state index in [1.807, 2.05) is 48.2 Å².